The third-order valence-electron chi connectivity index (χ3n) is 3.33. The van der Waals surface area contributed by atoms with Crippen molar-refractivity contribution in [3.8, 4) is 0 Å². The van der Waals surface area contributed by atoms with Crippen LogP contribution in [0.2, 0.25) is 0 Å². The normalized spacial score (nSPS) is 21.1. The fraction of sp³-hybridized carbons (Fsp3) is 0.533. The summed E-state index contributed by atoms with van der Waals surface area (Å²) in [7, 11) is 0. The highest BCUT2D eigenvalue weighted by Crippen LogP contribution is 2.35. The molecule has 1 aromatic rings. The van der Waals surface area contributed by atoms with Crippen LogP contribution in [-0.4, -0.2) is 24.8 Å². The molecular formula is C15H21BrN2O2. The first-order chi connectivity index (χ1) is 9.45. The van der Waals surface area contributed by atoms with Crippen LogP contribution in [-0.2, 0) is 4.74 Å². The van der Waals surface area contributed by atoms with E-state index in [1.54, 1.807) is 0 Å². The maximum Gasteiger partial charge on any atom is 0.407 e. The van der Waals surface area contributed by atoms with Crippen molar-refractivity contribution in [1.29, 1.82) is 0 Å². The predicted molar refractivity (Wildman–Crippen MR) is 84.2 cm³/mol. The molecule has 0 saturated carbocycles. The zero-order valence-corrected chi connectivity index (χ0v) is 13.7. The molecule has 0 bridgehead atoms. The third kappa shape index (κ3) is 3.88. The lowest BCUT2D eigenvalue weighted by Gasteiger charge is -2.31. The van der Waals surface area contributed by atoms with E-state index in [0.717, 1.165) is 16.6 Å². The first kappa shape index (κ1) is 15.2. The Morgan fingerprint density at radius 3 is 3.00 bits per heavy atom. The van der Waals surface area contributed by atoms with Gasteiger partial charge in [0.05, 0.1) is 6.10 Å². The molecule has 1 aliphatic rings. The summed E-state index contributed by atoms with van der Waals surface area (Å²) in [6.45, 7) is 6.45. The van der Waals surface area contributed by atoms with Gasteiger partial charge in [0, 0.05) is 28.7 Å². The zero-order chi connectivity index (χ0) is 14.7. The maximum atomic E-state index is 11.6. The van der Waals surface area contributed by atoms with Gasteiger partial charge in [-0.2, -0.15) is 0 Å². The molecule has 20 heavy (non-hydrogen) atoms. The van der Waals surface area contributed by atoms with Crippen LogP contribution in [0, 0.1) is 0 Å². The second-order valence-electron chi connectivity index (χ2n) is 5.54. The molecule has 0 saturated heterocycles. The van der Waals surface area contributed by atoms with E-state index in [0.29, 0.717) is 18.5 Å². The second-order valence-corrected chi connectivity index (χ2v) is 6.46. The molecule has 0 radical (unpaired) electrons. The Morgan fingerprint density at radius 2 is 2.30 bits per heavy atom. The molecule has 2 N–H and O–H groups in total. The van der Waals surface area contributed by atoms with E-state index < -0.39 is 0 Å². The zero-order valence-electron chi connectivity index (χ0n) is 12.1. The summed E-state index contributed by atoms with van der Waals surface area (Å²) in [6.07, 6.45) is 0.553. The minimum Gasteiger partial charge on any atom is -0.447 e. The van der Waals surface area contributed by atoms with Crippen LogP contribution in [0.4, 0.5) is 10.5 Å². The topological polar surface area (TPSA) is 50.4 Å². The number of hydrogen-bond acceptors (Lipinski definition) is 3. The molecule has 1 heterocycles. The van der Waals surface area contributed by atoms with E-state index in [9.17, 15) is 4.79 Å². The first-order valence-corrected chi connectivity index (χ1v) is 7.75. The van der Waals surface area contributed by atoms with Gasteiger partial charge in [-0.05, 0) is 51.0 Å². The molecule has 1 aromatic carbocycles. The van der Waals surface area contributed by atoms with Gasteiger partial charge in [0.15, 0.2) is 0 Å². The minimum absolute atomic E-state index is 0.0941. The molecule has 2 rings (SSSR count). The van der Waals surface area contributed by atoms with E-state index >= 15 is 0 Å². The lowest BCUT2D eigenvalue weighted by atomic mass is 9.87. The van der Waals surface area contributed by atoms with Crippen LogP contribution < -0.4 is 10.6 Å². The van der Waals surface area contributed by atoms with Crippen molar-refractivity contribution in [2.24, 2.45) is 0 Å². The van der Waals surface area contributed by atoms with Crippen LogP contribution in [0.1, 0.15) is 38.7 Å². The Hall–Kier alpha value is -1.23. The van der Waals surface area contributed by atoms with Crippen molar-refractivity contribution in [1.82, 2.24) is 5.32 Å². The number of hydrogen-bond donors (Lipinski definition) is 2. The SMILES string of the molecule is CC1CC(CNC(=O)OC(C)C)c2cc(Br)ccc2N1. The van der Waals surface area contributed by atoms with Crippen LogP contribution in [0.5, 0.6) is 0 Å². The average Bonchev–Trinajstić information content (AvgIpc) is 2.35. The van der Waals surface area contributed by atoms with E-state index in [4.69, 9.17) is 4.74 Å². The Balaban J connectivity index is 2.05. The molecule has 0 fully saturated rings. The van der Waals surface area contributed by atoms with Gasteiger partial charge in [-0.25, -0.2) is 4.79 Å². The highest BCUT2D eigenvalue weighted by Gasteiger charge is 2.25. The molecular weight excluding hydrogens is 320 g/mol. The number of rotatable bonds is 3. The van der Waals surface area contributed by atoms with Crippen molar-refractivity contribution in [3.05, 3.63) is 28.2 Å². The molecule has 4 nitrogen and oxygen atoms in total. The summed E-state index contributed by atoms with van der Waals surface area (Å²) in [5.74, 6) is 0.304. The lowest BCUT2D eigenvalue weighted by molar-refractivity contribution is 0.115. The monoisotopic (exact) mass is 340 g/mol. The standard InChI is InChI=1S/C15H21BrN2O2/c1-9(2)20-15(19)17-8-11-6-10(3)18-14-5-4-12(16)7-13(11)14/h4-5,7,9-11,18H,6,8H2,1-3H3,(H,17,19). The van der Waals surface area contributed by atoms with Gasteiger partial charge in [-0.1, -0.05) is 15.9 Å². The molecule has 2 unspecified atom stereocenters. The number of benzene rings is 1. The summed E-state index contributed by atoms with van der Waals surface area (Å²) in [4.78, 5) is 11.6. The number of fused-ring (bicyclic) bond motifs is 1. The van der Waals surface area contributed by atoms with Gasteiger partial charge in [0.1, 0.15) is 0 Å². The van der Waals surface area contributed by atoms with Gasteiger partial charge in [-0.15, -0.1) is 0 Å². The van der Waals surface area contributed by atoms with Crippen molar-refractivity contribution < 1.29 is 9.53 Å². The van der Waals surface area contributed by atoms with E-state index in [-0.39, 0.29) is 12.2 Å². The van der Waals surface area contributed by atoms with E-state index in [1.807, 2.05) is 19.9 Å². The van der Waals surface area contributed by atoms with Gasteiger partial charge in [-0.3, -0.25) is 0 Å². The highest BCUT2D eigenvalue weighted by atomic mass is 79.9. The number of halogens is 1. The van der Waals surface area contributed by atoms with E-state index in [2.05, 4.69) is 45.6 Å². The largest absolute Gasteiger partial charge is 0.447 e. The fourth-order valence-corrected chi connectivity index (χ4v) is 2.92. The van der Waals surface area contributed by atoms with Crippen molar-refractivity contribution >= 4 is 27.7 Å². The van der Waals surface area contributed by atoms with Crippen molar-refractivity contribution in [3.63, 3.8) is 0 Å². The Labute approximate surface area is 128 Å². The minimum atomic E-state index is -0.345. The summed E-state index contributed by atoms with van der Waals surface area (Å²) >= 11 is 3.51. The quantitative estimate of drug-likeness (QED) is 0.877. The van der Waals surface area contributed by atoms with Crippen LogP contribution in [0.3, 0.4) is 0 Å². The van der Waals surface area contributed by atoms with E-state index in [1.165, 1.54) is 5.56 Å². The molecule has 1 amide bonds. The van der Waals surface area contributed by atoms with Gasteiger partial charge >= 0.3 is 6.09 Å². The number of nitrogens with one attached hydrogen (secondary N) is 2. The highest BCUT2D eigenvalue weighted by molar-refractivity contribution is 9.10. The van der Waals surface area contributed by atoms with Gasteiger partial charge < -0.3 is 15.4 Å². The first-order valence-electron chi connectivity index (χ1n) is 6.96. The molecule has 1 aliphatic heterocycles. The number of alkyl carbamates (subject to hydrolysis) is 1. The predicted octanol–water partition coefficient (Wildman–Crippen LogP) is 3.87. The second kappa shape index (κ2) is 6.48. The number of anilines is 1. The molecule has 0 aliphatic carbocycles. The Morgan fingerprint density at radius 1 is 1.55 bits per heavy atom. The van der Waals surface area contributed by atoms with Crippen molar-refractivity contribution in [2.45, 2.75) is 45.3 Å². The number of ether oxygens (including phenoxy) is 1. The molecule has 5 heteroatoms. The molecule has 0 aromatic heterocycles. The summed E-state index contributed by atoms with van der Waals surface area (Å²) in [5, 5.41) is 6.33. The smallest absolute Gasteiger partial charge is 0.407 e. The fourth-order valence-electron chi connectivity index (χ4n) is 2.54. The third-order valence-corrected chi connectivity index (χ3v) is 3.82. The summed E-state index contributed by atoms with van der Waals surface area (Å²) < 4.78 is 6.16. The van der Waals surface area contributed by atoms with Crippen LogP contribution in [0.25, 0.3) is 0 Å². The van der Waals surface area contributed by atoms with Crippen LogP contribution in [0.15, 0.2) is 22.7 Å². The average molecular weight is 341 g/mol. The summed E-state index contributed by atoms with van der Waals surface area (Å²) in [6, 6.07) is 6.63. The number of carbonyl (C=O) groups is 1. The van der Waals surface area contributed by atoms with Crippen LogP contribution >= 0.6 is 15.9 Å². The Bertz CT molecular complexity index is 491. The van der Waals surface area contributed by atoms with Gasteiger partial charge in [0.2, 0.25) is 0 Å². The summed E-state index contributed by atoms with van der Waals surface area (Å²) in [5.41, 5.74) is 2.39. The number of carbonyl (C=O) groups excluding carboxylic acids is 1. The molecule has 0 spiro atoms. The van der Waals surface area contributed by atoms with Gasteiger partial charge in [0.25, 0.3) is 0 Å². The van der Waals surface area contributed by atoms with Crippen molar-refractivity contribution in [2.75, 3.05) is 11.9 Å². The maximum absolute atomic E-state index is 11.6. The molecule has 110 valence electrons. The lowest BCUT2D eigenvalue weighted by Crippen LogP contribution is -2.35. The number of amides is 1. The Kier molecular flexibility index (Phi) is 4.91. The molecule has 2 atom stereocenters.